The van der Waals surface area contributed by atoms with Crippen LogP contribution >= 0.6 is 0 Å². The van der Waals surface area contributed by atoms with Gasteiger partial charge in [-0.15, -0.1) is 0 Å². The minimum absolute atomic E-state index is 0.00707. The third kappa shape index (κ3) is 4.97. The zero-order valence-corrected chi connectivity index (χ0v) is 18.0. The highest BCUT2D eigenvalue weighted by molar-refractivity contribution is 5.87. The van der Waals surface area contributed by atoms with Crippen molar-refractivity contribution >= 4 is 16.7 Å². The molecule has 1 fully saturated rings. The smallest absolute Gasteiger partial charge is 0.287 e. The summed E-state index contributed by atoms with van der Waals surface area (Å²) >= 11 is 0. The highest BCUT2D eigenvalue weighted by Gasteiger charge is 2.51. The Bertz CT molecular complexity index is 892. The van der Waals surface area contributed by atoms with Crippen molar-refractivity contribution in [3.63, 3.8) is 0 Å². The highest BCUT2D eigenvalue weighted by atomic mass is 19.4. The van der Waals surface area contributed by atoms with Gasteiger partial charge < -0.3 is 0 Å². The number of hydrazine groups is 1. The minimum atomic E-state index is -4.50. The lowest BCUT2D eigenvalue weighted by Gasteiger charge is -2.30. The highest BCUT2D eigenvalue weighted by Crippen LogP contribution is 2.41. The van der Waals surface area contributed by atoms with Crippen molar-refractivity contribution in [2.45, 2.75) is 71.5 Å². The van der Waals surface area contributed by atoms with Crippen molar-refractivity contribution in [3.8, 4) is 0 Å². The van der Waals surface area contributed by atoms with Crippen LogP contribution in [-0.2, 0) is 11.2 Å². The lowest BCUT2D eigenvalue weighted by Crippen LogP contribution is -2.43. The zero-order chi connectivity index (χ0) is 21.9. The van der Waals surface area contributed by atoms with Gasteiger partial charge in [0.05, 0.1) is 5.41 Å². The minimum Gasteiger partial charge on any atom is -0.287 e. The van der Waals surface area contributed by atoms with E-state index in [0.717, 1.165) is 40.6 Å². The number of halogens is 3. The molecule has 1 unspecified atom stereocenters. The van der Waals surface area contributed by atoms with Crippen molar-refractivity contribution in [1.29, 1.82) is 0 Å². The number of aryl methyl sites for hydroxylation is 1. The largest absolute Gasteiger partial charge is 0.409 e. The van der Waals surface area contributed by atoms with Crippen molar-refractivity contribution in [2.75, 3.05) is 6.54 Å². The molecule has 30 heavy (non-hydrogen) atoms. The molecule has 0 saturated carbocycles. The Balaban J connectivity index is 1.91. The first-order chi connectivity index (χ1) is 14.1. The topological polar surface area (TPSA) is 32.3 Å². The van der Waals surface area contributed by atoms with Crippen LogP contribution in [0.25, 0.3) is 10.8 Å². The third-order valence-corrected chi connectivity index (χ3v) is 5.91. The quantitative estimate of drug-likeness (QED) is 0.506. The molecule has 3 nitrogen and oxygen atoms in total. The molecule has 0 bridgehead atoms. The number of hydrogen-bond acceptors (Lipinski definition) is 2. The third-order valence-electron chi connectivity index (χ3n) is 5.91. The maximum Gasteiger partial charge on any atom is 0.409 e. The number of nitrogens with zero attached hydrogens (tertiary/aromatic N) is 1. The van der Waals surface area contributed by atoms with Crippen molar-refractivity contribution < 1.29 is 18.0 Å². The number of alkyl halides is 3. The Morgan fingerprint density at radius 1 is 1.10 bits per heavy atom. The van der Waals surface area contributed by atoms with Crippen LogP contribution < -0.4 is 5.43 Å². The second-order valence-electron chi connectivity index (χ2n) is 8.96. The van der Waals surface area contributed by atoms with Crippen molar-refractivity contribution in [1.82, 2.24) is 10.4 Å². The van der Waals surface area contributed by atoms with Gasteiger partial charge in [0.2, 0.25) is 5.91 Å². The number of carbonyl (C=O) groups excluding carboxylic acids is 1. The maximum absolute atomic E-state index is 14.1. The van der Waals surface area contributed by atoms with Gasteiger partial charge in [0.15, 0.2) is 0 Å². The summed E-state index contributed by atoms with van der Waals surface area (Å²) in [7, 11) is 0. The average molecular weight is 421 g/mol. The first-order valence-corrected chi connectivity index (χ1v) is 10.8. The summed E-state index contributed by atoms with van der Waals surface area (Å²) in [5.74, 6) is -0.384. The van der Waals surface area contributed by atoms with Crippen molar-refractivity contribution in [2.24, 2.45) is 5.41 Å². The monoisotopic (exact) mass is 420 g/mol. The molecule has 0 aromatic heterocycles. The first-order valence-electron chi connectivity index (χ1n) is 10.8. The molecular weight excluding hydrogens is 389 g/mol. The molecule has 2 aromatic carbocycles. The summed E-state index contributed by atoms with van der Waals surface area (Å²) < 4.78 is 42.2. The molecule has 2 aromatic rings. The summed E-state index contributed by atoms with van der Waals surface area (Å²) in [6, 6.07) is 8.99. The summed E-state index contributed by atoms with van der Waals surface area (Å²) in [5.41, 5.74) is 2.82. The average Bonchev–Trinajstić information content (AvgIpc) is 2.92. The molecule has 0 spiro atoms. The number of hydrogen-bond donors (Lipinski definition) is 1. The number of amides is 1. The number of nitrogens with one attached hydrogen (secondary N) is 1. The molecule has 1 aliphatic heterocycles. The number of unbranched alkanes of at least 4 members (excludes halogenated alkanes) is 4. The van der Waals surface area contributed by atoms with E-state index in [-0.39, 0.29) is 18.0 Å². The van der Waals surface area contributed by atoms with Gasteiger partial charge in [0.25, 0.3) is 0 Å². The molecule has 1 N–H and O–H groups in total. The van der Waals surface area contributed by atoms with Crippen molar-refractivity contribution in [3.05, 3.63) is 47.5 Å². The molecule has 0 aliphatic carbocycles. The molecule has 6 heteroatoms. The zero-order valence-electron chi connectivity index (χ0n) is 18.0. The number of rotatable bonds is 8. The van der Waals surface area contributed by atoms with Crippen LogP contribution in [0, 0.1) is 5.41 Å². The summed E-state index contributed by atoms with van der Waals surface area (Å²) in [4.78, 5) is 12.1. The molecule has 1 saturated heterocycles. The fourth-order valence-corrected chi connectivity index (χ4v) is 4.18. The number of benzene rings is 2. The molecule has 1 atom stereocenters. The van der Waals surface area contributed by atoms with E-state index in [1.165, 1.54) is 25.3 Å². The Hall–Kier alpha value is -2.08. The van der Waals surface area contributed by atoms with Crippen LogP contribution in [0.15, 0.2) is 36.4 Å². The van der Waals surface area contributed by atoms with Gasteiger partial charge in [-0.1, -0.05) is 62.9 Å². The van der Waals surface area contributed by atoms with Gasteiger partial charge in [-0.05, 0) is 54.7 Å². The summed E-state index contributed by atoms with van der Waals surface area (Å²) in [5, 5.41) is 2.85. The second kappa shape index (κ2) is 8.96. The Kier molecular flexibility index (Phi) is 6.75. The van der Waals surface area contributed by atoms with E-state index in [1.807, 2.05) is 18.2 Å². The molecule has 1 aliphatic rings. The van der Waals surface area contributed by atoms with Crippen LogP contribution in [0.5, 0.6) is 0 Å². The van der Waals surface area contributed by atoms with Gasteiger partial charge in [-0.3, -0.25) is 10.2 Å². The molecule has 164 valence electrons. The predicted octanol–water partition coefficient (Wildman–Crippen LogP) is 6.33. The standard InChI is InChI=1S/C24H31F3N2O/c1-4-5-6-7-8-10-17-11-9-12-18-13-14-19(15-20(17)18)21(24(25,26)27)29-16-23(2,3)22(30)28-29/h9,11-15,21H,4-8,10,16H2,1-3H3,(H,28,30). The predicted molar refractivity (Wildman–Crippen MR) is 114 cm³/mol. The van der Waals surface area contributed by atoms with E-state index < -0.39 is 17.6 Å². The number of carbonyl (C=O) groups is 1. The van der Waals surface area contributed by atoms with Crippen LogP contribution in [-0.4, -0.2) is 23.6 Å². The van der Waals surface area contributed by atoms with E-state index in [2.05, 4.69) is 12.3 Å². The Labute approximate surface area is 176 Å². The fraction of sp³-hybridized carbons (Fsp3) is 0.542. The van der Waals surface area contributed by atoms with Crippen LogP contribution in [0.3, 0.4) is 0 Å². The van der Waals surface area contributed by atoms with E-state index in [0.29, 0.717) is 0 Å². The molecular formula is C24H31F3N2O. The van der Waals surface area contributed by atoms with Crippen LogP contribution in [0.4, 0.5) is 13.2 Å². The van der Waals surface area contributed by atoms with Crippen LogP contribution in [0.1, 0.15) is 70.0 Å². The molecule has 0 radical (unpaired) electrons. The maximum atomic E-state index is 14.1. The number of fused-ring (bicyclic) bond motifs is 1. The Morgan fingerprint density at radius 2 is 1.83 bits per heavy atom. The van der Waals surface area contributed by atoms with E-state index in [1.54, 1.807) is 26.0 Å². The van der Waals surface area contributed by atoms with Gasteiger partial charge in [0.1, 0.15) is 6.04 Å². The van der Waals surface area contributed by atoms with E-state index >= 15 is 0 Å². The lowest BCUT2D eigenvalue weighted by molar-refractivity contribution is -0.191. The molecule has 1 heterocycles. The van der Waals surface area contributed by atoms with Gasteiger partial charge in [0, 0.05) is 6.54 Å². The molecule has 3 rings (SSSR count). The normalized spacial score (nSPS) is 18.0. The summed E-state index contributed by atoms with van der Waals surface area (Å²) in [6.07, 6.45) is 2.09. The van der Waals surface area contributed by atoms with E-state index in [9.17, 15) is 18.0 Å². The fourth-order valence-electron chi connectivity index (χ4n) is 4.18. The Morgan fingerprint density at radius 3 is 2.47 bits per heavy atom. The SMILES string of the molecule is CCCCCCCc1cccc2ccc(C(N3CC(C)(C)C(=O)N3)C(F)(F)F)cc12. The van der Waals surface area contributed by atoms with Gasteiger partial charge >= 0.3 is 6.18 Å². The van der Waals surface area contributed by atoms with Crippen LogP contribution in [0.2, 0.25) is 0 Å². The summed E-state index contributed by atoms with van der Waals surface area (Å²) in [6.45, 7) is 5.50. The second-order valence-corrected chi connectivity index (χ2v) is 8.96. The van der Waals surface area contributed by atoms with Gasteiger partial charge in [-0.25, -0.2) is 5.01 Å². The lowest BCUT2D eigenvalue weighted by atomic mass is 9.93. The molecule has 1 amide bonds. The van der Waals surface area contributed by atoms with Gasteiger partial charge in [-0.2, -0.15) is 13.2 Å². The first kappa shape index (κ1) is 22.6. The van der Waals surface area contributed by atoms with E-state index in [4.69, 9.17) is 0 Å².